The van der Waals surface area contributed by atoms with Crippen LogP contribution in [0.25, 0.3) is 0 Å². The highest BCUT2D eigenvalue weighted by molar-refractivity contribution is 7.91. The molecule has 21 heavy (non-hydrogen) atoms. The Balaban J connectivity index is 2.23. The summed E-state index contributed by atoms with van der Waals surface area (Å²) in [7, 11) is -7.14. The molecule has 2 heterocycles. The van der Waals surface area contributed by atoms with Crippen molar-refractivity contribution in [3.63, 3.8) is 0 Å². The highest BCUT2D eigenvalue weighted by atomic mass is 32.2. The van der Waals surface area contributed by atoms with Crippen molar-refractivity contribution in [2.24, 2.45) is 5.14 Å². The Labute approximate surface area is 122 Å². The Morgan fingerprint density at radius 2 is 2.14 bits per heavy atom. The highest BCUT2D eigenvalue weighted by Crippen LogP contribution is 2.21. The zero-order valence-corrected chi connectivity index (χ0v) is 13.0. The van der Waals surface area contributed by atoms with Gasteiger partial charge in [-0.1, -0.05) is 0 Å². The number of furan rings is 1. The number of hydrogen-bond donors (Lipinski definition) is 1. The van der Waals surface area contributed by atoms with E-state index < -0.39 is 36.9 Å². The Kier molecular flexibility index (Phi) is 4.13. The van der Waals surface area contributed by atoms with Crippen molar-refractivity contribution in [2.45, 2.75) is 24.5 Å². The number of nitrogens with zero attached hydrogens (tertiary/aromatic N) is 1. The highest BCUT2D eigenvalue weighted by Gasteiger charge is 2.35. The lowest BCUT2D eigenvalue weighted by Gasteiger charge is -2.25. The average molecular weight is 336 g/mol. The normalized spacial score (nSPS) is 21.3. The van der Waals surface area contributed by atoms with Crippen molar-refractivity contribution in [1.29, 1.82) is 0 Å². The maximum atomic E-state index is 12.3. The first kappa shape index (κ1) is 16.0. The molecule has 0 aliphatic carbocycles. The quantitative estimate of drug-likeness (QED) is 0.795. The van der Waals surface area contributed by atoms with E-state index in [-0.39, 0.29) is 17.3 Å². The van der Waals surface area contributed by atoms with Crippen LogP contribution >= 0.6 is 0 Å². The summed E-state index contributed by atoms with van der Waals surface area (Å²) in [5, 5.41) is 4.41. The lowest BCUT2D eigenvalue weighted by molar-refractivity contribution is 0.0670. The minimum atomic E-state index is -4.02. The molecule has 1 aliphatic rings. The summed E-state index contributed by atoms with van der Waals surface area (Å²) in [6.45, 7) is 2.01. The number of sulfonamides is 1. The third-order valence-electron chi connectivity index (χ3n) is 3.32. The second-order valence-corrected chi connectivity index (χ2v) is 8.53. The van der Waals surface area contributed by atoms with E-state index in [4.69, 9.17) is 9.56 Å². The molecule has 0 bridgehead atoms. The topological polar surface area (TPSA) is 128 Å². The van der Waals surface area contributed by atoms with E-state index in [0.29, 0.717) is 13.0 Å². The Morgan fingerprint density at radius 3 is 2.57 bits per heavy atom. The van der Waals surface area contributed by atoms with Gasteiger partial charge < -0.3 is 9.32 Å². The van der Waals surface area contributed by atoms with Crippen LogP contribution in [0, 0.1) is 0 Å². The first-order chi connectivity index (χ1) is 9.64. The number of sulfone groups is 1. The molecular weight excluding hydrogens is 320 g/mol. The van der Waals surface area contributed by atoms with Gasteiger partial charge in [-0.15, -0.1) is 0 Å². The molecule has 1 aromatic rings. The SMILES string of the molecule is CCN(C(=O)c1ccc(S(N)(=O)=O)o1)C1CCS(=O)(=O)C1. The smallest absolute Gasteiger partial charge is 0.289 e. The van der Waals surface area contributed by atoms with E-state index in [1.165, 1.54) is 11.0 Å². The first-order valence-corrected chi connectivity index (χ1v) is 9.65. The molecule has 2 rings (SSSR count). The van der Waals surface area contributed by atoms with Crippen molar-refractivity contribution in [3.8, 4) is 0 Å². The second kappa shape index (κ2) is 5.43. The van der Waals surface area contributed by atoms with E-state index in [2.05, 4.69) is 0 Å². The van der Waals surface area contributed by atoms with E-state index >= 15 is 0 Å². The van der Waals surface area contributed by atoms with Gasteiger partial charge in [-0.25, -0.2) is 22.0 Å². The zero-order chi connectivity index (χ0) is 15.8. The van der Waals surface area contributed by atoms with E-state index in [1.54, 1.807) is 6.92 Å². The number of hydrogen-bond acceptors (Lipinski definition) is 6. The zero-order valence-electron chi connectivity index (χ0n) is 11.4. The molecule has 0 saturated carbocycles. The van der Waals surface area contributed by atoms with Crippen LogP contribution in [0.1, 0.15) is 23.9 Å². The molecule has 1 fully saturated rings. The minimum absolute atomic E-state index is 0.0437. The molecule has 118 valence electrons. The summed E-state index contributed by atoms with van der Waals surface area (Å²) < 4.78 is 50.2. The van der Waals surface area contributed by atoms with Crippen LogP contribution in [-0.4, -0.2) is 51.7 Å². The number of carbonyl (C=O) groups is 1. The maximum absolute atomic E-state index is 12.3. The van der Waals surface area contributed by atoms with Gasteiger partial charge in [-0.2, -0.15) is 0 Å². The van der Waals surface area contributed by atoms with Crippen molar-refractivity contribution < 1.29 is 26.0 Å². The Morgan fingerprint density at radius 1 is 1.48 bits per heavy atom. The summed E-state index contributed by atoms with van der Waals surface area (Å²) in [5.41, 5.74) is 0. The van der Waals surface area contributed by atoms with Gasteiger partial charge in [0.25, 0.3) is 15.9 Å². The van der Waals surface area contributed by atoms with E-state index in [9.17, 15) is 21.6 Å². The average Bonchev–Trinajstić information content (AvgIpc) is 2.96. The van der Waals surface area contributed by atoms with Gasteiger partial charge in [0, 0.05) is 12.6 Å². The molecule has 8 nitrogen and oxygen atoms in total. The largest absolute Gasteiger partial charge is 0.438 e. The van der Waals surface area contributed by atoms with Crippen LogP contribution in [0.5, 0.6) is 0 Å². The summed E-state index contributed by atoms with van der Waals surface area (Å²) in [4.78, 5) is 13.7. The molecule has 1 saturated heterocycles. The molecule has 2 N–H and O–H groups in total. The van der Waals surface area contributed by atoms with Crippen molar-refractivity contribution in [2.75, 3.05) is 18.1 Å². The van der Waals surface area contributed by atoms with Gasteiger partial charge in [0.1, 0.15) is 0 Å². The standard InChI is InChI=1S/C11H16N2O6S2/c1-2-13(8-5-6-20(15,16)7-8)11(14)9-3-4-10(19-9)21(12,17)18/h3-4,8H,2,5-7H2,1H3,(H2,12,17,18). The molecular formula is C11H16N2O6S2. The van der Waals surface area contributed by atoms with Gasteiger partial charge in [0.2, 0.25) is 5.09 Å². The fourth-order valence-corrected chi connectivity index (χ4v) is 4.51. The number of nitrogens with two attached hydrogens (primary N) is 1. The number of primary sulfonamides is 1. The fourth-order valence-electron chi connectivity index (χ4n) is 2.32. The van der Waals surface area contributed by atoms with Crippen molar-refractivity contribution in [3.05, 3.63) is 17.9 Å². The monoisotopic (exact) mass is 336 g/mol. The molecule has 0 aromatic carbocycles. The molecule has 0 radical (unpaired) electrons. The number of carbonyl (C=O) groups excluding carboxylic acids is 1. The molecule has 1 amide bonds. The second-order valence-electron chi connectivity index (χ2n) is 4.81. The Hall–Kier alpha value is -1.39. The van der Waals surface area contributed by atoms with Gasteiger partial charge in [0.05, 0.1) is 11.5 Å². The van der Waals surface area contributed by atoms with Crippen LogP contribution in [-0.2, 0) is 19.9 Å². The van der Waals surface area contributed by atoms with Crippen LogP contribution in [0.4, 0.5) is 0 Å². The first-order valence-electron chi connectivity index (χ1n) is 6.28. The molecule has 1 atom stereocenters. The molecule has 1 aliphatic heterocycles. The van der Waals surface area contributed by atoms with E-state index in [0.717, 1.165) is 6.07 Å². The van der Waals surface area contributed by atoms with Crippen molar-refractivity contribution in [1.82, 2.24) is 4.90 Å². The number of amides is 1. The van der Waals surface area contributed by atoms with Crippen LogP contribution in [0.2, 0.25) is 0 Å². The maximum Gasteiger partial charge on any atom is 0.289 e. The number of rotatable bonds is 4. The van der Waals surface area contributed by atoms with Crippen LogP contribution in [0.15, 0.2) is 21.6 Å². The molecule has 10 heteroatoms. The lowest BCUT2D eigenvalue weighted by atomic mass is 10.2. The summed E-state index contributed by atoms with van der Waals surface area (Å²) in [5.74, 6) is -0.767. The van der Waals surface area contributed by atoms with Crippen LogP contribution < -0.4 is 5.14 Å². The van der Waals surface area contributed by atoms with Gasteiger partial charge in [-0.3, -0.25) is 4.79 Å². The minimum Gasteiger partial charge on any atom is -0.438 e. The van der Waals surface area contributed by atoms with Crippen molar-refractivity contribution >= 4 is 25.8 Å². The third-order valence-corrected chi connectivity index (χ3v) is 5.85. The summed E-state index contributed by atoms with van der Waals surface area (Å²) in [6, 6.07) is 1.89. The van der Waals surface area contributed by atoms with Crippen LogP contribution in [0.3, 0.4) is 0 Å². The van der Waals surface area contributed by atoms with Gasteiger partial charge >= 0.3 is 0 Å². The predicted octanol–water partition coefficient (Wildman–Crippen LogP) is -0.424. The van der Waals surface area contributed by atoms with Gasteiger partial charge in [-0.05, 0) is 25.5 Å². The molecule has 1 aromatic heterocycles. The molecule has 1 unspecified atom stereocenters. The van der Waals surface area contributed by atoms with Gasteiger partial charge in [0.15, 0.2) is 15.6 Å². The lowest BCUT2D eigenvalue weighted by Crippen LogP contribution is -2.40. The Bertz CT molecular complexity index is 749. The fraction of sp³-hybridized carbons (Fsp3) is 0.545. The van der Waals surface area contributed by atoms with E-state index in [1.807, 2.05) is 0 Å². The summed E-state index contributed by atoms with van der Waals surface area (Å²) in [6.07, 6.45) is 0.366. The molecule has 0 spiro atoms. The third kappa shape index (κ3) is 3.44. The summed E-state index contributed by atoms with van der Waals surface area (Å²) >= 11 is 0. The predicted molar refractivity (Wildman–Crippen MR) is 73.9 cm³/mol.